The first kappa shape index (κ1) is 21.4. The summed E-state index contributed by atoms with van der Waals surface area (Å²) < 4.78 is 12.9. The maximum absolute atomic E-state index is 12.9. The lowest BCUT2D eigenvalue weighted by atomic mass is 10.1. The number of amides is 1. The molecule has 1 atom stereocenters. The van der Waals surface area contributed by atoms with Gasteiger partial charge >= 0.3 is 0 Å². The fraction of sp³-hybridized carbons (Fsp3) is 0.364. The highest BCUT2D eigenvalue weighted by Crippen LogP contribution is 2.06. The molecule has 2 aromatic carbocycles. The van der Waals surface area contributed by atoms with Gasteiger partial charge in [-0.2, -0.15) is 0 Å². The number of hydrogen-bond acceptors (Lipinski definition) is 2. The van der Waals surface area contributed by atoms with Crippen LogP contribution in [0.25, 0.3) is 0 Å². The summed E-state index contributed by atoms with van der Waals surface area (Å²) in [6, 6.07) is 14.2. The van der Waals surface area contributed by atoms with E-state index in [1.54, 1.807) is 19.2 Å². The highest BCUT2D eigenvalue weighted by Gasteiger charge is 2.09. The van der Waals surface area contributed by atoms with Crippen LogP contribution in [-0.2, 0) is 13.0 Å². The summed E-state index contributed by atoms with van der Waals surface area (Å²) in [5, 5.41) is 9.46. The van der Waals surface area contributed by atoms with E-state index in [9.17, 15) is 9.18 Å². The zero-order chi connectivity index (χ0) is 20.4. The van der Waals surface area contributed by atoms with E-state index in [4.69, 9.17) is 0 Å². The van der Waals surface area contributed by atoms with Crippen molar-refractivity contribution in [2.45, 2.75) is 39.3 Å². The minimum atomic E-state index is -0.228. The predicted molar refractivity (Wildman–Crippen MR) is 112 cm³/mol. The molecule has 0 heterocycles. The van der Waals surface area contributed by atoms with Gasteiger partial charge in [-0.25, -0.2) is 4.39 Å². The van der Waals surface area contributed by atoms with Crippen LogP contribution in [0.4, 0.5) is 4.39 Å². The molecule has 2 aromatic rings. The quantitative estimate of drug-likeness (QED) is 0.483. The average molecular weight is 384 g/mol. The van der Waals surface area contributed by atoms with Gasteiger partial charge in [-0.05, 0) is 55.2 Å². The minimum Gasteiger partial charge on any atom is -0.356 e. The number of guanidine groups is 1. The number of hydrogen-bond donors (Lipinski definition) is 3. The Kier molecular flexibility index (Phi) is 8.46. The Morgan fingerprint density at radius 1 is 1.11 bits per heavy atom. The van der Waals surface area contributed by atoms with Crippen molar-refractivity contribution < 1.29 is 9.18 Å². The van der Waals surface area contributed by atoms with E-state index in [0.29, 0.717) is 24.6 Å². The van der Waals surface area contributed by atoms with Crippen LogP contribution in [0.2, 0.25) is 0 Å². The number of benzene rings is 2. The van der Waals surface area contributed by atoms with Gasteiger partial charge in [0.1, 0.15) is 5.82 Å². The normalized spacial score (nSPS) is 12.4. The molecule has 2 rings (SSSR count). The van der Waals surface area contributed by atoms with E-state index in [-0.39, 0.29) is 17.8 Å². The summed E-state index contributed by atoms with van der Waals surface area (Å²) in [5.74, 6) is 0.392. The first-order chi connectivity index (χ1) is 13.5. The molecule has 0 spiro atoms. The van der Waals surface area contributed by atoms with Crippen molar-refractivity contribution in [3.8, 4) is 0 Å². The van der Waals surface area contributed by atoms with Crippen molar-refractivity contribution in [2.24, 2.45) is 4.99 Å². The summed E-state index contributed by atoms with van der Waals surface area (Å²) in [7, 11) is 1.71. The molecular formula is C22H29FN4O. The van der Waals surface area contributed by atoms with Crippen LogP contribution in [0.1, 0.15) is 41.8 Å². The summed E-state index contributed by atoms with van der Waals surface area (Å²) in [6.07, 6.45) is 1.67. The fourth-order valence-corrected chi connectivity index (χ4v) is 2.61. The molecule has 0 bridgehead atoms. The maximum atomic E-state index is 12.9. The van der Waals surface area contributed by atoms with Gasteiger partial charge in [0.2, 0.25) is 0 Å². The monoisotopic (exact) mass is 384 g/mol. The average Bonchev–Trinajstić information content (AvgIpc) is 2.72. The highest BCUT2D eigenvalue weighted by molar-refractivity contribution is 5.94. The molecule has 0 aliphatic heterocycles. The number of halogens is 1. The van der Waals surface area contributed by atoms with Crippen molar-refractivity contribution in [2.75, 3.05) is 13.6 Å². The molecule has 0 fully saturated rings. The fourth-order valence-electron chi connectivity index (χ4n) is 2.61. The van der Waals surface area contributed by atoms with Gasteiger partial charge in [0.15, 0.2) is 5.96 Å². The van der Waals surface area contributed by atoms with Gasteiger partial charge in [-0.3, -0.25) is 9.79 Å². The van der Waals surface area contributed by atoms with E-state index < -0.39 is 0 Å². The molecule has 1 unspecified atom stereocenters. The van der Waals surface area contributed by atoms with Crippen LogP contribution >= 0.6 is 0 Å². The van der Waals surface area contributed by atoms with Gasteiger partial charge in [0.25, 0.3) is 5.91 Å². The second-order valence-electron chi connectivity index (χ2n) is 6.71. The molecule has 0 saturated carbocycles. The van der Waals surface area contributed by atoms with E-state index in [2.05, 4.69) is 20.9 Å². The Morgan fingerprint density at radius 3 is 2.54 bits per heavy atom. The minimum absolute atomic E-state index is 0.0574. The van der Waals surface area contributed by atoms with Crippen molar-refractivity contribution in [1.82, 2.24) is 16.0 Å². The third kappa shape index (κ3) is 7.02. The second-order valence-corrected chi connectivity index (χ2v) is 6.71. The zero-order valence-corrected chi connectivity index (χ0v) is 16.8. The molecule has 0 aliphatic carbocycles. The van der Waals surface area contributed by atoms with Gasteiger partial charge in [-0.15, -0.1) is 0 Å². The summed E-state index contributed by atoms with van der Waals surface area (Å²) in [6.45, 7) is 5.27. The van der Waals surface area contributed by atoms with Crippen LogP contribution < -0.4 is 16.0 Å². The van der Waals surface area contributed by atoms with Crippen molar-refractivity contribution in [1.29, 1.82) is 0 Å². The first-order valence-corrected chi connectivity index (χ1v) is 9.60. The van der Waals surface area contributed by atoms with Crippen molar-refractivity contribution in [3.05, 3.63) is 71.0 Å². The lowest BCUT2D eigenvalue weighted by Crippen LogP contribution is -2.38. The van der Waals surface area contributed by atoms with Crippen molar-refractivity contribution in [3.63, 3.8) is 0 Å². The molecule has 0 saturated heterocycles. The number of nitrogens with one attached hydrogen (secondary N) is 3. The van der Waals surface area contributed by atoms with Gasteiger partial charge in [0.05, 0.1) is 0 Å². The van der Waals surface area contributed by atoms with Crippen LogP contribution in [-0.4, -0.2) is 31.5 Å². The Morgan fingerprint density at radius 2 is 1.86 bits per heavy atom. The van der Waals surface area contributed by atoms with Crippen LogP contribution in [0.5, 0.6) is 0 Å². The Balaban J connectivity index is 1.83. The molecular weight excluding hydrogens is 355 g/mol. The smallest absolute Gasteiger partial charge is 0.251 e. The third-order valence-corrected chi connectivity index (χ3v) is 4.48. The number of carbonyl (C=O) groups excluding carboxylic acids is 1. The summed E-state index contributed by atoms with van der Waals surface area (Å²) >= 11 is 0. The lowest BCUT2D eigenvalue weighted by Gasteiger charge is -2.14. The standard InChI is InChI=1S/C22H29FN4O/c1-4-16(2)27-21(28)19-7-5-6-18(14-19)15-26-22(24-3)25-13-12-17-8-10-20(23)11-9-17/h5-11,14,16H,4,12-13,15H2,1-3H3,(H,27,28)(H2,24,25,26). The largest absolute Gasteiger partial charge is 0.356 e. The Bertz CT molecular complexity index is 789. The molecule has 0 aromatic heterocycles. The molecule has 3 N–H and O–H groups in total. The van der Waals surface area contributed by atoms with Gasteiger partial charge in [-0.1, -0.05) is 31.2 Å². The lowest BCUT2D eigenvalue weighted by molar-refractivity contribution is 0.0939. The van der Waals surface area contributed by atoms with E-state index in [1.165, 1.54) is 12.1 Å². The topological polar surface area (TPSA) is 65.5 Å². The summed E-state index contributed by atoms with van der Waals surface area (Å²) in [5.41, 5.74) is 2.71. The second kappa shape index (κ2) is 11.1. The Labute approximate surface area is 166 Å². The highest BCUT2D eigenvalue weighted by atomic mass is 19.1. The van der Waals surface area contributed by atoms with E-state index >= 15 is 0 Å². The number of nitrogens with zero attached hydrogens (tertiary/aromatic N) is 1. The van der Waals surface area contributed by atoms with Gasteiger partial charge < -0.3 is 16.0 Å². The third-order valence-electron chi connectivity index (χ3n) is 4.48. The SMILES string of the molecule is CCC(C)NC(=O)c1cccc(CNC(=NC)NCCc2ccc(F)cc2)c1. The maximum Gasteiger partial charge on any atom is 0.251 e. The van der Waals surface area contributed by atoms with Crippen LogP contribution in [0.3, 0.4) is 0 Å². The van der Waals surface area contributed by atoms with Crippen LogP contribution in [0.15, 0.2) is 53.5 Å². The molecule has 6 heteroatoms. The van der Waals surface area contributed by atoms with Gasteiger partial charge in [0, 0.05) is 31.7 Å². The Hall–Kier alpha value is -2.89. The number of rotatable bonds is 8. The van der Waals surface area contributed by atoms with Crippen molar-refractivity contribution >= 4 is 11.9 Å². The molecule has 5 nitrogen and oxygen atoms in total. The van der Waals surface area contributed by atoms with E-state index in [0.717, 1.165) is 24.0 Å². The first-order valence-electron chi connectivity index (χ1n) is 9.60. The molecule has 0 aliphatic rings. The molecule has 0 radical (unpaired) electrons. The molecule has 150 valence electrons. The van der Waals surface area contributed by atoms with E-state index in [1.807, 2.05) is 38.1 Å². The molecule has 28 heavy (non-hydrogen) atoms. The predicted octanol–water partition coefficient (Wildman–Crippen LogP) is 3.26. The zero-order valence-electron chi connectivity index (χ0n) is 16.8. The number of aliphatic imine (C=N–C) groups is 1. The summed E-state index contributed by atoms with van der Waals surface area (Å²) in [4.78, 5) is 16.5. The van der Waals surface area contributed by atoms with Crippen LogP contribution in [0, 0.1) is 5.82 Å². The number of carbonyl (C=O) groups is 1. The molecule has 1 amide bonds.